The second-order valence-corrected chi connectivity index (χ2v) is 8.73. The van der Waals surface area contributed by atoms with Crippen LogP contribution in [0.5, 0.6) is 0 Å². The summed E-state index contributed by atoms with van der Waals surface area (Å²) in [5, 5.41) is 11.9. The Hall–Kier alpha value is -3.66. The quantitative estimate of drug-likeness (QED) is 0.379. The van der Waals surface area contributed by atoms with Crippen LogP contribution in [-0.4, -0.2) is 15.5 Å². The van der Waals surface area contributed by atoms with Gasteiger partial charge in [-0.25, -0.2) is 4.68 Å². The van der Waals surface area contributed by atoms with Crippen molar-refractivity contribution in [1.82, 2.24) is 9.78 Å². The molecule has 0 radical (unpaired) electrons. The summed E-state index contributed by atoms with van der Waals surface area (Å²) < 4.78 is 1.97. The highest BCUT2D eigenvalue weighted by molar-refractivity contribution is 6.03. The number of rotatable bonds is 4. The maximum Gasteiger partial charge on any atom is 0.0862 e. The highest BCUT2D eigenvalue weighted by atomic mass is 15.5. The molecule has 4 aromatic rings. The molecule has 0 saturated heterocycles. The van der Waals surface area contributed by atoms with Crippen LogP contribution in [0.2, 0.25) is 0 Å². The van der Waals surface area contributed by atoms with E-state index in [0.29, 0.717) is 0 Å². The average molecular weight is 421 g/mol. The summed E-state index contributed by atoms with van der Waals surface area (Å²) in [6.45, 7) is 8.58. The number of hydrogen-bond acceptors (Lipinski definition) is 3. The van der Waals surface area contributed by atoms with Crippen LogP contribution in [0.4, 0.5) is 5.69 Å². The second kappa shape index (κ2) is 8.12. The first-order valence-corrected chi connectivity index (χ1v) is 11.1. The Morgan fingerprint density at radius 1 is 0.750 bits per heavy atom. The Bertz CT molecular complexity index is 1300. The SMILES string of the molecule is Cc1ccc(N2N=C(c3ccccc3)CC2c2cnn(-c3ccc(C)c(C)c3)c2)cc1C. The molecule has 1 aliphatic rings. The van der Waals surface area contributed by atoms with E-state index in [9.17, 15) is 0 Å². The zero-order chi connectivity index (χ0) is 22.2. The molecule has 3 aromatic carbocycles. The number of aryl methyl sites for hydroxylation is 4. The first-order chi connectivity index (χ1) is 15.5. The summed E-state index contributed by atoms with van der Waals surface area (Å²) in [5.74, 6) is 0. The molecule has 0 aliphatic carbocycles. The van der Waals surface area contributed by atoms with Crippen molar-refractivity contribution in [3.05, 3.63) is 113 Å². The van der Waals surface area contributed by atoms with Gasteiger partial charge in [0.25, 0.3) is 0 Å². The van der Waals surface area contributed by atoms with Gasteiger partial charge < -0.3 is 0 Å². The average Bonchev–Trinajstić information content (AvgIpc) is 3.46. The fourth-order valence-electron chi connectivity index (χ4n) is 4.20. The van der Waals surface area contributed by atoms with Crippen LogP contribution in [0.15, 0.2) is 84.2 Å². The van der Waals surface area contributed by atoms with Crippen molar-refractivity contribution >= 4 is 11.4 Å². The maximum atomic E-state index is 5.08. The molecule has 32 heavy (non-hydrogen) atoms. The molecule has 160 valence electrons. The van der Waals surface area contributed by atoms with Gasteiger partial charge in [0.1, 0.15) is 0 Å². The molecule has 1 unspecified atom stereocenters. The molecule has 0 saturated carbocycles. The molecule has 1 aliphatic heterocycles. The van der Waals surface area contributed by atoms with Gasteiger partial charge in [-0.05, 0) is 79.8 Å². The first kappa shape index (κ1) is 20.3. The van der Waals surface area contributed by atoms with Gasteiger partial charge in [-0.2, -0.15) is 10.2 Å². The highest BCUT2D eigenvalue weighted by Gasteiger charge is 2.31. The summed E-state index contributed by atoms with van der Waals surface area (Å²) in [5.41, 5.74) is 10.8. The van der Waals surface area contributed by atoms with Crippen LogP contribution in [0.3, 0.4) is 0 Å². The van der Waals surface area contributed by atoms with Crippen molar-refractivity contribution in [2.75, 3.05) is 5.01 Å². The summed E-state index contributed by atoms with van der Waals surface area (Å²) in [4.78, 5) is 0. The zero-order valence-electron chi connectivity index (χ0n) is 19.1. The summed E-state index contributed by atoms with van der Waals surface area (Å²) >= 11 is 0. The molecule has 4 heteroatoms. The monoisotopic (exact) mass is 420 g/mol. The Kier molecular flexibility index (Phi) is 5.14. The van der Waals surface area contributed by atoms with Gasteiger partial charge in [0.15, 0.2) is 0 Å². The Balaban J connectivity index is 1.53. The van der Waals surface area contributed by atoms with Crippen molar-refractivity contribution < 1.29 is 0 Å². The molecule has 5 rings (SSSR count). The fraction of sp³-hybridized carbons (Fsp3) is 0.214. The molecular weight excluding hydrogens is 392 g/mol. The van der Waals surface area contributed by atoms with Crippen LogP contribution in [-0.2, 0) is 0 Å². The topological polar surface area (TPSA) is 33.4 Å². The minimum Gasteiger partial charge on any atom is -0.257 e. The Morgan fingerprint density at radius 2 is 1.41 bits per heavy atom. The normalized spacial score (nSPS) is 15.8. The number of hydrogen-bond donors (Lipinski definition) is 0. The van der Waals surface area contributed by atoms with E-state index in [-0.39, 0.29) is 6.04 Å². The third-order valence-electron chi connectivity index (χ3n) is 6.51. The standard InChI is InChI=1S/C28H28N4/c1-19-10-12-25(14-21(19)3)31-18-24(17-29-31)28-16-27(23-8-6-5-7-9-23)30-32(28)26-13-11-20(2)22(4)15-26/h5-15,17-18,28H,16H2,1-4H3. The largest absolute Gasteiger partial charge is 0.257 e. The lowest BCUT2D eigenvalue weighted by Gasteiger charge is -2.23. The van der Waals surface area contributed by atoms with Crippen molar-refractivity contribution in [2.45, 2.75) is 40.2 Å². The van der Waals surface area contributed by atoms with E-state index in [1.165, 1.54) is 27.8 Å². The van der Waals surface area contributed by atoms with Gasteiger partial charge in [0.2, 0.25) is 0 Å². The van der Waals surface area contributed by atoms with Crippen LogP contribution >= 0.6 is 0 Å². The minimum atomic E-state index is 0.104. The molecule has 0 bridgehead atoms. The number of aromatic nitrogens is 2. The van der Waals surface area contributed by atoms with Crippen LogP contribution in [0.1, 0.15) is 45.8 Å². The minimum absolute atomic E-state index is 0.104. The maximum absolute atomic E-state index is 5.08. The van der Waals surface area contributed by atoms with E-state index in [1.807, 2.05) is 16.9 Å². The highest BCUT2D eigenvalue weighted by Crippen LogP contribution is 2.37. The van der Waals surface area contributed by atoms with Crippen LogP contribution in [0.25, 0.3) is 5.69 Å². The van der Waals surface area contributed by atoms with E-state index in [2.05, 4.69) is 99.6 Å². The summed E-state index contributed by atoms with van der Waals surface area (Å²) in [7, 11) is 0. The number of hydrazone groups is 1. The molecule has 1 aromatic heterocycles. The van der Waals surface area contributed by atoms with Gasteiger partial charge >= 0.3 is 0 Å². The van der Waals surface area contributed by atoms with E-state index in [1.54, 1.807) is 0 Å². The van der Waals surface area contributed by atoms with Gasteiger partial charge in [0.05, 0.1) is 29.3 Å². The number of anilines is 1. The van der Waals surface area contributed by atoms with Gasteiger partial charge in [0, 0.05) is 18.2 Å². The first-order valence-electron chi connectivity index (χ1n) is 11.1. The molecule has 0 amide bonds. The summed E-state index contributed by atoms with van der Waals surface area (Å²) in [6, 6.07) is 23.6. The Morgan fingerprint density at radius 3 is 2.09 bits per heavy atom. The van der Waals surface area contributed by atoms with Crippen molar-refractivity contribution in [3.8, 4) is 5.69 Å². The van der Waals surface area contributed by atoms with Gasteiger partial charge in [-0.1, -0.05) is 42.5 Å². The van der Waals surface area contributed by atoms with Crippen LogP contribution < -0.4 is 5.01 Å². The third kappa shape index (κ3) is 3.73. The van der Waals surface area contributed by atoms with E-state index in [4.69, 9.17) is 10.2 Å². The van der Waals surface area contributed by atoms with Gasteiger partial charge in [-0.15, -0.1) is 0 Å². The molecule has 2 heterocycles. The van der Waals surface area contributed by atoms with Crippen molar-refractivity contribution in [1.29, 1.82) is 0 Å². The molecule has 4 nitrogen and oxygen atoms in total. The number of nitrogens with zero attached hydrogens (tertiary/aromatic N) is 4. The molecule has 0 fully saturated rings. The third-order valence-corrected chi connectivity index (χ3v) is 6.51. The predicted octanol–water partition coefficient (Wildman–Crippen LogP) is 6.46. The van der Waals surface area contributed by atoms with Crippen molar-refractivity contribution in [3.63, 3.8) is 0 Å². The van der Waals surface area contributed by atoms with E-state index >= 15 is 0 Å². The molecular formula is C28H28N4. The predicted molar refractivity (Wildman–Crippen MR) is 132 cm³/mol. The lowest BCUT2D eigenvalue weighted by molar-refractivity contribution is 0.708. The second-order valence-electron chi connectivity index (χ2n) is 8.73. The lowest BCUT2D eigenvalue weighted by Crippen LogP contribution is -2.18. The zero-order valence-corrected chi connectivity index (χ0v) is 19.1. The molecule has 1 atom stereocenters. The number of benzene rings is 3. The smallest absolute Gasteiger partial charge is 0.0862 e. The molecule has 0 spiro atoms. The fourth-order valence-corrected chi connectivity index (χ4v) is 4.20. The molecule has 0 N–H and O–H groups in total. The van der Waals surface area contributed by atoms with E-state index < -0.39 is 0 Å². The Labute approximate surface area is 189 Å². The van der Waals surface area contributed by atoms with Crippen molar-refractivity contribution in [2.24, 2.45) is 5.10 Å². The van der Waals surface area contributed by atoms with Crippen LogP contribution in [0, 0.1) is 27.7 Å². The lowest BCUT2D eigenvalue weighted by atomic mass is 10.00. The van der Waals surface area contributed by atoms with Gasteiger partial charge in [-0.3, -0.25) is 5.01 Å². The summed E-state index contributed by atoms with van der Waals surface area (Å²) in [6.07, 6.45) is 4.97. The van der Waals surface area contributed by atoms with E-state index in [0.717, 1.165) is 29.1 Å².